The number of carbonyl (C=O) groups excluding carboxylic acids is 2. The molecule has 0 saturated carbocycles. The highest BCUT2D eigenvalue weighted by molar-refractivity contribution is 5.99. The van der Waals surface area contributed by atoms with E-state index in [0.717, 1.165) is 22.4 Å². The third kappa shape index (κ3) is 6.10. The number of carbonyl (C=O) groups is 2. The first-order valence-electron chi connectivity index (χ1n) is 10.3. The number of rotatable bonds is 5. The van der Waals surface area contributed by atoms with Gasteiger partial charge in [0.15, 0.2) is 0 Å². The van der Waals surface area contributed by atoms with Gasteiger partial charge in [0.05, 0.1) is 19.2 Å². The molecular formula is C25H29NO5. The zero-order valence-electron chi connectivity index (χ0n) is 18.5. The predicted molar refractivity (Wildman–Crippen MR) is 119 cm³/mol. The van der Waals surface area contributed by atoms with Crippen LogP contribution in [0.4, 0.5) is 4.79 Å². The second-order valence-electron chi connectivity index (χ2n) is 8.40. The van der Waals surface area contributed by atoms with Crippen LogP contribution in [0.3, 0.4) is 0 Å². The van der Waals surface area contributed by atoms with E-state index in [0.29, 0.717) is 25.1 Å². The van der Waals surface area contributed by atoms with Crippen molar-refractivity contribution in [1.29, 1.82) is 0 Å². The second kappa shape index (κ2) is 9.69. The van der Waals surface area contributed by atoms with Crippen LogP contribution in [-0.4, -0.2) is 42.8 Å². The fraction of sp³-hybridized carbons (Fsp3) is 0.360. The van der Waals surface area contributed by atoms with Crippen LogP contribution in [-0.2, 0) is 20.9 Å². The SMILES string of the molecule is COC(=O)C1=C(c2ccc(OCc3ccccc3)cc2)CCN(C(=O)OC(C)(C)C)C1. The molecule has 1 amide bonds. The van der Waals surface area contributed by atoms with E-state index in [4.69, 9.17) is 14.2 Å². The minimum atomic E-state index is -0.595. The van der Waals surface area contributed by atoms with Crippen LogP contribution in [0.15, 0.2) is 60.2 Å². The Morgan fingerprint density at radius 1 is 1.00 bits per heavy atom. The maximum Gasteiger partial charge on any atom is 0.410 e. The zero-order valence-corrected chi connectivity index (χ0v) is 18.5. The Morgan fingerprint density at radius 2 is 1.68 bits per heavy atom. The molecule has 0 radical (unpaired) electrons. The molecule has 6 heteroatoms. The highest BCUT2D eigenvalue weighted by Gasteiger charge is 2.30. The summed E-state index contributed by atoms with van der Waals surface area (Å²) in [5.41, 5.74) is 2.76. The highest BCUT2D eigenvalue weighted by Crippen LogP contribution is 2.30. The number of nitrogens with zero attached hydrogens (tertiary/aromatic N) is 1. The van der Waals surface area contributed by atoms with Gasteiger partial charge in [-0.3, -0.25) is 0 Å². The van der Waals surface area contributed by atoms with Gasteiger partial charge in [-0.15, -0.1) is 0 Å². The van der Waals surface area contributed by atoms with Crippen molar-refractivity contribution in [1.82, 2.24) is 4.90 Å². The topological polar surface area (TPSA) is 65.1 Å². The van der Waals surface area contributed by atoms with Gasteiger partial charge in [-0.2, -0.15) is 0 Å². The maximum atomic E-state index is 12.5. The lowest BCUT2D eigenvalue weighted by Gasteiger charge is -2.32. The average molecular weight is 424 g/mol. The van der Waals surface area contributed by atoms with E-state index in [1.807, 2.05) is 75.4 Å². The molecule has 0 aliphatic carbocycles. The lowest BCUT2D eigenvalue weighted by Crippen LogP contribution is -2.41. The van der Waals surface area contributed by atoms with E-state index in [2.05, 4.69) is 0 Å². The summed E-state index contributed by atoms with van der Waals surface area (Å²) in [6.45, 7) is 6.57. The minimum Gasteiger partial charge on any atom is -0.489 e. The number of amides is 1. The fourth-order valence-corrected chi connectivity index (χ4v) is 3.37. The normalized spacial score (nSPS) is 14.3. The number of esters is 1. The summed E-state index contributed by atoms with van der Waals surface area (Å²) in [6.07, 6.45) is 0.103. The van der Waals surface area contributed by atoms with Gasteiger partial charge in [0.2, 0.25) is 0 Å². The van der Waals surface area contributed by atoms with Crippen LogP contribution in [0.5, 0.6) is 5.75 Å². The van der Waals surface area contributed by atoms with Crippen molar-refractivity contribution in [2.24, 2.45) is 0 Å². The van der Waals surface area contributed by atoms with E-state index in [-0.39, 0.29) is 6.54 Å². The second-order valence-corrected chi connectivity index (χ2v) is 8.40. The fourth-order valence-electron chi connectivity index (χ4n) is 3.37. The van der Waals surface area contributed by atoms with Crippen molar-refractivity contribution < 1.29 is 23.8 Å². The summed E-state index contributed by atoms with van der Waals surface area (Å²) in [5, 5.41) is 0. The summed E-state index contributed by atoms with van der Waals surface area (Å²) >= 11 is 0. The zero-order chi connectivity index (χ0) is 22.4. The van der Waals surface area contributed by atoms with Crippen molar-refractivity contribution in [3.8, 4) is 5.75 Å². The first-order chi connectivity index (χ1) is 14.8. The van der Waals surface area contributed by atoms with Crippen LogP contribution in [0.2, 0.25) is 0 Å². The molecule has 0 bridgehead atoms. The van der Waals surface area contributed by atoms with Gasteiger partial charge < -0.3 is 19.1 Å². The monoisotopic (exact) mass is 423 g/mol. The Morgan fingerprint density at radius 3 is 2.29 bits per heavy atom. The van der Waals surface area contributed by atoms with Crippen molar-refractivity contribution in [3.05, 3.63) is 71.3 Å². The van der Waals surface area contributed by atoms with Crippen LogP contribution in [0.25, 0.3) is 5.57 Å². The molecule has 3 rings (SSSR count). The number of methoxy groups -OCH3 is 1. The first-order valence-corrected chi connectivity index (χ1v) is 10.3. The summed E-state index contributed by atoms with van der Waals surface area (Å²) in [6, 6.07) is 17.6. The summed E-state index contributed by atoms with van der Waals surface area (Å²) in [4.78, 5) is 26.4. The molecule has 164 valence electrons. The average Bonchev–Trinajstić information content (AvgIpc) is 2.76. The van der Waals surface area contributed by atoms with Gasteiger partial charge in [0, 0.05) is 6.54 Å². The minimum absolute atomic E-state index is 0.156. The van der Waals surface area contributed by atoms with Crippen molar-refractivity contribution in [3.63, 3.8) is 0 Å². The van der Waals surface area contributed by atoms with Crippen molar-refractivity contribution in [2.45, 2.75) is 39.4 Å². The third-order valence-corrected chi connectivity index (χ3v) is 4.88. The highest BCUT2D eigenvalue weighted by atomic mass is 16.6. The van der Waals surface area contributed by atoms with Gasteiger partial charge >= 0.3 is 12.1 Å². The molecule has 0 atom stereocenters. The van der Waals surface area contributed by atoms with Gasteiger partial charge in [0.25, 0.3) is 0 Å². The molecule has 0 N–H and O–H groups in total. The Balaban J connectivity index is 1.75. The molecule has 31 heavy (non-hydrogen) atoms. The number of benzene rings is 2. The molecule has 0 aromatic heterocycles. The Kier molecular flexibility index (Phi) is 7.00. The van der Waals surface area contributed by atoms with E-state index < -0.39 is 17.7 Å². The quantitative estimate of drug-likeness (QED) is 0.645. The molecule has 1 aliphatic heterocycles. The van der Waals surface area contributed by atoms with Crippen LogP contribution in [0, 0.1) is 0 Å². The summed E-state index contributed by atoms with van der Waals surface area (Å²) in [5.74, 6) is 0.312. The largest absolute Gasteiger partial charge is 0.489 e. The molecule has 0 fully saturated rings. The lowest BCUT2D eigenvalue weighted by atomic mass is 9.93. The van der Waals surface area contributed by atoms with Gasteiger partial charge in [-0.05, 0) is 56.0 Å². The Bertz CT molecular complexity index is 942. The first kappa shape index (κ1) is 22.4. The number of ether oxygens (including phenoxy) is 3. The molecule has 6 nitrogen and oxygen atoms in total. The Labute approximate surface area is 183 Å². The molecule has 0 spiro atoms. The predicted octanol–water partition coefficient (Wildman–Crippen LogP) is 4.83. The smallest absolute Gasteiger partial charge is 0.410 e. The van der Waals surface area contributed by atoms with Crippen LogP contribution < -0.4 is 4.74 Å². The van der Waals surface area contributed by atoms with Crippen LogP contribution >= 0.6 is 0 Å². The summed E-state index contributed by atoms with van der Waals surface area (Å²) < 4.78 is 16.3. The third-order valence-electron chi connectivity index (χ3n) is 4.88. The molecule has 1 aliphatic rings. The standard InChI is InChI=1S/C25H29NO5/c1-25(2,3)31-24(28)26-15-14-21(22(16-26)23(27)29-4)19-10-12-20(13-11-19)30-17-18-8-6-5-7-9-18/h5-13H,14-17H2,1-4H3. The molecule has 2 aromatic rings. The van der Waals surface area contributed by atoms with Gasteiger partial charge in [-0.25, -0.2) is 9.59 Å². The van der Waals surface area contributed by atoms with E-state index in [9.17, 15) is 9.59 Å². The molecule has 1 heterocycles. The molecular weight excluding hydrogens is 394 g/mol. The van der Waals surface area contributed by atoms with E-state index in [1.54, 1.807) is 4.90 Å². The van der Waals surface area contributed by atoms with Crippen molar-refractivity contribution in [2.75, 3.05) is 20.2 Å². The number of hydrogen-bond acceptors (Lipinski definition) is 5. The van der Waals surface area contributed by atoms with Crippen LogP contribution in [0.1, 0.15) is 38.3 Å². The molecule has 0 unspecified atom stereocenters. The lowest BCUT2D eigenvalue weighted by molar-refractivity contribution is -0.136. The summed E-state index contributed by atoms with van der Waals surface area (Å²) in [7, 11) is 1.35. The Hall–Kier alpha value is -3.28. The van der Waals surface area contributed by atoms with E-state index >= 15 is 0 Å². The molecule has 0 saturated heterocycles. The van der Waals surface area contributed by atoms with E-state index in [1.165, 1.54) is 7.11 Å². The number of hydrogen-bond donors (Lipinski definition) is 0. The molecule has 2 aromatic carbocycles. The van der Waals surface area contributed by atoms with Gasteiger partial charge in [0.1, 0.15) is 18.0 Å². The van der Waals surface area contributed by atoms with Crippen molar-refractivity contribution >= 4 is 17.6 Å². The van der Waals surface area contributed by atoms with Gasteiger partial charge in [-0.1, -0.05) is 42.5 Å². The maximum absolute atomic E-state index is 12.5.